The molecule has 1 atom stereocenters. The van der Waals surface area contributed by atoms with Gasteiger partial charge in [0.05, 0.1) is 26.1 Å². The highest BCUT2D eigenvalue weighted by molar-refractivity contribution is 6.42. The van der Waals surface area contributed by atoms with Crippen LogP contribution in [0.25, 0.3) is 12.2 Å². The molecule has 0 aromatic heterocycles. The molecule has 1 aliphatic heterocycles. The predicted molar refractivity (Wildman–Crippen MR) is 167 cm³/mol. The van der Waals surface area contributed by atoms with Crippen LogP contribution in [-0.2, 0) is 16.0 Å². The number of Topliss-reactive ketones (excluding diaryl/α,β-unsaturated/α-hetero) is 1. The third-order valence-corrected chi connectivity index (χ3v) is 7.85. The molecule has 4 rings (SSSR count). The summed E-state index contributed by atoms with van der Waals surface area (Å²) in [7, 11) is 0. The fourth-order valence-corrected chi connectivity index (χ4v) is 5.21. The number of hydrogen-bond donors (Lipinski definition) is 1. The summed E-state index contributed by atoms with van der Waals surface area (Å²) in [6, 6.07) is 19.7. The molecular weight excluding hydrogens is 586 g/mol. The average molecular weight is 616 g/mol. The van der Waals surface area contributed by atoms with Crippen LogP contribution in [0.4, 0.5) is 0 Å². The van der Waals surface area contributed by atoms with Gasteiger partial charge in [-0.1, -0.05) is 88.9 Å². The zero-order chi connectivity index (χ0) is 29.0. The van der Waals surface area contributed by atoms with E-state index >= 15 is 0 Å². The number of halogens is 4. The monoisotopic (exact) mass is 614 g/mol. The molecule has 1 N–H and O–H groups in total. The van der Waals surface area contributed by atoms with Crippen molar-refractivity contribution < 1.29 is 9.59 Å². The molecule has 208 valence electrons. The van der Waals surface area contributed by atoms with Gasteiger partial charge in [-0.25, -0.2) is 0 Å². The topological polar surface area (TPSA) is 49.4 Å². The van der Waals surface area contributed by atoms with Crippen molar-refractivity contribution >= 4 is 70.2 Å². The number of nitrogens with one attached hydrogen (secondary N) is 1. The lowest BCUT2D eigenvalue weighted by atomic mass is 9.93. The Morgan fingerprint density at radius 2 is 1.32 bits per heavy atom. The first kappa shape index (κ1) is 30.4. The van der Waals surface area contributed by atoms with E-state index in [1.54, 1.807) is 53.5 Å². The Hall–Kier alpha value is -2.60. The molecule has 4 nitrogen and oxygen atoms in total. The first-order chi connectivity index (χ1) is 18.9. The first-order valence-electron chi connectivity index (χ1n) is 12.9. The zero-order valence-electron chi connectivity index (χ0n) is 22.5. The van der Waals surface area contributed by atoms with E-state index in [0.717, 1.165) is 16.7 Å². The molecule has 0 bridgehead atoms. The minimum Gasteiger partial charge on any atom is -0.332 e. The number of carbonyl (C=O) groups is 2. The van der Waals surface area contributed by atoms with Crippen LogP contribution in [0.2, 0.25) is 20.1 Å². The van der Waals surface area contributed by atoms with E-state index in [9.17, 15) is 9.59 Å². The number of rotatable bonds is 6. The van der Waals surface area contributed by atoms with Crippen molar-refractivity contribution in [2.24, 2.45) is 0 Å². The Kier molecular flexibility index (Phi) is 9.81. The van der Waals surface area contributed by atoms with Gasteiger partial charge in [-0.05, 0) is 80.3 Å². The Bertz CT molecular complexity index is 1400. The van der Waals surface area contributed by atoms with E-state index in [-0.39, 0.29) is 30.3 Å². The minimum atomic E-state index is -0.493. The number of amides is 1. The second kappa shape index (κ2) is 12.9. The first-order valence-corrected chi connectivity index (χ1v) is 14.4. The number of ketones is 1. The van der Waals surface area contributed by atoms with Crippen molar-refractivity contribution in [1.29, 1.82) is 0 Å². The minimum absolute atomic E-state index is 0.0913. The second-order valence-corrected chi connectivity index (χ2v) is 12.5. The van der Waals surface area contributed by atoms with E-state index in [2.05, 4.69) is 5.32 Å². The maximum absolute atomic E-state index is 14.1. The van der Waals surface area contributed by atoms with Gasteiger partial charge in [-0.3, -0.25) is 9.59 Å². The highest BCUT2D eigenvalue weighted by atomic mass is 35.5. The Labute approximate surface area is 255 Å². The lowest BCUT2D eigenvalue weighted by Crippen LogP contribution is -2.55. The van der Waals surface area contributed by atoms with Crippen molar-refractivity contribution in [1.82, 2.24) is 10.2 Å². The Morgan fingerprint density at radius 3 is 1.77 bits per heavy atom. The normalized spacial score (nSPS) is 17.0. The molecule has 1 aliphatic rings. The molecule has 1 heterocycles. The summed E-state index contributed by atoms with van der Waals surface area (Å²) in [6.45, 7) is 6.41. The SMILES string of the molecule is CC(C)(C)N[C@H](Cc1ccccc1)C(=O)N1C/C(=C\c2ccc(Cl)c(Cl)c2)C(=O)/C(=C/c2ccc(Cl)c(Cl)c2)C1. The molecule has 1 fully saturated rings. The lowest BCUT2D eigenvalue weighted by molar-refractivity contribution is -0.134. The predicted octanol–water partition coefficient (Wildman–Crippen LogP) is 8.18. The van der Waals surface area contributed by atoms with Crippen molar-refractivity contribution in [3.05, 3.63) is 115 Å². The zero-order valence-corrected chi connectivity index (χ0v) is 25.5. The van der Waals surface area contributed by atoms with Gasteiger partial charge in [0.25, 0.3) is 0 Å². The van der Waals surface area contributed by atoms with Gasteiger partial charge in [0, 0.05) is 29.8 Å². The maximum atomic E-state index is 14.1. The molecule has 40 heavy (non-hydrogen) atoms. The van der Waals surface area contributed by atoms with Crippen molar-refractivity contribution in [2.75, 3.05) is 13.1 Å². The molecule has 8 heteroatoms. The van der Waals surface area contributed by atoms with Gasteiger partial charge in [0.1, 0.15) is 0 Å². The average Bonchev–Trinajstić information content (AvgIpc) is 2.89. The van der Waals surface area contributed by atoms with Crippen molar-refractivity contribution in [3.8, 4) is 0 Å². The molecule has 3 aromatic carbocycles. The highest BCUT2D eigenvalue weighted by Crippen LogP contribution is 2.28. The number of carbonyl (C=O) groups excluding carboxylic acids is 2. The molecular formula is C32H30Cl4N2O2. The second-order valence-electron chi connectivity index (χ2n) is 10.8. The van der Waals surface area contributed by atoms with Crippen LogP contribution >= 0.6 is 46.4 Å². The summed E-state index contributed by atoms with van der Waals surface area (Å²) in [4.78, 5) is 29.5. The van der Waals surface area contributed by atoms with Gasteiger partial charge in [-0.2, -0.15) is 0 Å². The molecule has 0 saturated carbocycles. The summed E-state index contributed by atoms with van der Waals surface area (Å²) in [5.41, 5.74) is 3.11. The fraction of sp³-hybridized carbons (Fsp3) is 0.250. The van der Waals surface area contributed by atoms with Crippen LogP contribution in [-0.4, -0.2) is 41.3 Å². The number of benzene rings is 3. The lowest BCUT2D eigenvalue weighted by Gasteiger charge is -2.35. The van der Waals surface area contributed by atoms with E-state index in [0.29, 0.717) is 37.7 Å². The van der Waals surface area contributed by atoms with Gasteiger partial charge >= 0.3 is 0 Å². The van der Waals surface area contributed by atoms with Crippen molar-refractivity contribution in [2.45, 2.75) is 38.8 Å². The molecule has 1 saturated heterocycles. The summed E-state index contributed by atoms with van der Waals surface area (Å²) < 4.78 is 0. The number of piperidine rings is 1. The van der Waals surface area contributed by atoms with Crippen LogP contribution < -0.4 is 5.32 Å². The fourth-order valence-electron chi connectivity index (χ4n) is 4.59. The van der Waals surface area contributed by atoms with Gasteiger partial charge < -0.3 is 10.2 Å². The molecule has 0 unspecified atom stereocenters. The molecule has 0 radical (unpaired) electrons. The summed E-state index contributed by atoms with van der Waals surface area (Å²) >= 11 is 24.7. The molecule has 0 spiro atoms. The van der Waals surface area contributed by atoms with E-state index < -0.39 is 6.04 Å². The van der Waals surface area contributed by atoms with Crippen LogP contribution in [0.3, 0.4) is 0 Å². The van der Waals surface area contributed by atoms with Gasteiger partial charge in [-0.15, -0.1) is 0 Å². The third kappa shape index (κ3) is 7.99. The van der Waals surface area contributed by atoms with Gasteiger partial charge in [0.2, 0.25) is 5.91 Å². The maximum Gasteiger partial charge on any atom is 0.240 e. The van der Waals surface area contributed by atoms with Crippen LogP contribution in [0, 0.1) is 0 Å². The quantitative estimate of drug-likeness (QED) is 0.285. The number of likely N-dealkylation sites (tertiary alicyclic amines) is 1. The molecule has 3 aromatic rings. The molecule has 1 amide bonds. The van der Waals surface area contributed by atoms with E-state index in [4.69, 9.17) is 46.4 Å². The van der Waals surface area contributed by atoms with Crippen LogP contribution in [0.1, 0.15) is 37.5 Å². The Morgan fingerprint density at radius 1 is 0.825 bits per heavy atom. The molecule has 0 aliphatic carbocycles. The van der Waals surface area contributed by atoms with E-state index in [1.165, 1.54) is 0 Å². The van der Waals surface area contributed by atoms with E-state index in [1.807, 2.05) is 51.1 Å². The summed E-state index contributed by atoms with van der Waals surface area (Å²) in [5, 5.41) is 5.11. The third-order valence-electron chi connectivity index (χ3n) is 6.37. The number of nitrogens with zero attached hydrogens (tertiary/aromatic N) is 1. The highest BCUT2D eigenvalue weighted by Gasteiger charge is 2.34. The Balaban J connectivity index is 1.73. The van der Waals surface area contributed by atoms with Gasteiger partial charge in [0.15, 0.2) is 5.78 Å². The van der Waals surface area contributed by atoms with Crippen LogP contribution in [0.15, 0.2) is 77.9 Å². The number of hydrogen-bond acceptors (Lipinski definition) is 3. The van der Waals surface area contributed by atoms with Crippen molar-refractivity contribution in [3.63, 3.8) is 0 Å². The largest absolute Gasteiger partial charge is 0.332 e. The summed E-state index contributed by atoms with van der Waals surface area (Å²) in [6.07, 6.45) is 4.03. The smallest absolute Gasteiger partial charge is 0.240 e. The standard InChI is InChI=1S/C32H30Cl4N2O2/c1-32(2,3)37-29(17-20-7-5-4-6-8-20)31(40)38-18-23(13-21-9-11-25(33)27(35)15-21)30(39)24(19-38)14-22-10-12-26(34)28(36)16-22/h4-16,29,37H,17-19H2,1-3H3/b23-13+,24-14+/t29-/m1/s1. The van der Waals surface area contributed by atoms with Crippen LogP contribution in [0.5, 0.6) is 0 Å². The summed E-state index contributed by atoms with van der Waals surface area (Å²) in [5.74, 6) is -0.240.